The summed E-state index contributed by atoms with van der Waals surface area (Å²) in [7, 11) is 0. The minimum absolute atomic E-state index is 0.0241. The molecule has 0 N–H and O–H groups in total. The molecule has 12 nitrogen and oxygen atoms in total. The highest BCUT2D eigenvalue weighted by molar-refractivity contribution is 5.99. The molecule has 3 aromatic carbocycles. The molecule has 0 atom stereocenters. The van der Waals surface area contributed by atoms with E-state index in [0.717, 1.165) is 112 Å². The van der Waals surface area contributed by atoms with E-state index >= 15 is 0 Å². The summed E-state index contributed by atoms with van der Waals surface area (Å²) in [6, 6.07) is 29.8. The van der Waals surface area contributed by atoms with E-state index in [0.29, 0.717) is 17.8 Å². The maximum atomic E-state index is 12.2. The van der Waals surface area contributed by atoms with Crippen molar-refractivity contribution in [3.8, 4) is 18.2 Å². The molecule has 12 heteroatoms. The Kier molecular flexibility index (Phi) is 21.6. The zero-order valence-electron chi connectivity index (χ0n) is 39.6. The van der Waals surface area contributed by atoms with Crippen LogP contribution >= 0.6 is 0 Å². The Bertz CT molecular complexity index is 2000. The lowest BCUT2D eigenvalue weighted by atomic mass is 9.71. The summed E-state index contributed by atoms with van der Waals surface area (Å²) in [6.45, 7) is 17.6. The molecule has 0 unspecified atom stereocenters. The van der Waals surface area contributed by atoms with Crippen LogP contribution in [0, 0.1) is 51.7 Å². The third-order valence-corrected chi connectivity index (χ3v) is 12.1. The molecule has 0 aromatic heterocycles. The van der Waals surface area contributed by atoms with Gasteiger partial charge in [-0.15, -0.1) is 0 Å². The lowest BCUT2D eigenvalue weighted by Gasteiger charge is -2.38. The number of nitriles is 3. The van der Waals surface area contributed by atoms with E-state index in [1.165, 1.54) is 0 Å². The lowest BCUT2D eigenvalue weighted by Crippen LogP contribution is -2.33. The maximum absolute atomic E-state index is 12.2. The van der Waals surface area contributed by atoms with Crippen molar-refractivity contribution < 1.29 is 28.6 Å². The Morgan fingerprint density at radius 2 is 0.712 bits per heavy atom. The molecule has 348 valence electrons. The molecule has 3 aromatic rings. The van der Waals surface area contributed by atoms with Gasteiger partial charge in [-0.05, 0) is 169 Å². The van der Waals surface area contributed by atoms with Gasteiger partial charge in [0.05, 0.1) is 19.8 Å². The smallest absolute Gasteiger partial charge is 0.348 e. The van der Waals surface area contributed by atoms with Crippen LogP contribution in [0.15, 0.2) is 89.5 Å². The second-order valence-electron chi connectivity index (χ2n) is 16.4. The van der Waals surface area contributed by atoms with Crippen molar-refractivity contribution in [3.05, 3.63) is 106 Å². The summed E-state index contributed by atoms with van der Waals surface area (Å²) in [5, 5.41) is 28.5. The van der Waals surface area contributed by atoms with Crippen LogP contribution in [0.3, 0.4) is 0 Å². The number of carbonyl (C=O) groups excluding carboxylic acids is 3. The van der Waals surface area contributed by atoms with Crippen LogP contribution in [0.5, 0.6) is 0 Å². The average molecular weight is 895 g/mol. The minimum Gasteiger partial charge on any atom is -0.462 e. The molecule has 0 radical (unpaired) electrons. The molecule has 1 aliphatic rings. The summed E-state index contributed by atoms with van der Waals surface area (Å²) < 4.78 is 15.1. The van der Waals surface area contributed by atoms with Crippen molar-refractivity contribution in [1.82, 2.24) is 0 Å². The number of carbonyl (C=O) groups is 3. The van der Waals surface area contributed by atoms with Gasteiger partial charge in [-0.25, -0.2) is 14.4 Å². The number of benzene rings is 3. The Hall–Kier alpha value is -6.84. The second-order valence-corrected chi connectivity index (χ2v) is 16.4. The first-order valence-corrected chi connectivity index (χ1v) is 23.4. The fourth-order valence-corrected chi connectivity index (χ4v) is 8.72. The van der Waals surface area contributed by atoms with E-state index in [1.54, 1.807) is 39.0 Å². The molecule has 0 spiro atoms. The van der Waals surface area contributed by atoms with E-state index in [1.807, 2.05) is 54.6 Å². The molecule has 0 amide bonds. The highest BCUT2D eigenvalue weighted by atomic mass is 16.5. The van der Waals surface area contributed by atoms with Crippen molar-refractivity contribution in [2.45, 2.75) is 80.1 Å². The topological polar surface area (TPSA) is 160 Å². The van der Waals surface area contributed by atoms with Crippen molar-refractivity contribution in [1.29, 1.82) is 15.8 Å². The fraction of sp³-hybridized carbons (Fsp3) is 0.444. The molecule has 66 heavy (non-hydrogen) atoms. The molecule has 1 aliphatic carbocycles. The molecule has 0 saturated heterocycles. The summed E-state index contributed by atoms with van der Waals surface area (Å²) in [6.07, 6.45) is 11.4. The van der Waals surface area contributed by atoms with E-state index in [2.05, 4.69) is 71.9 Å². The highest BCUT2D eigenvalue weighted by Crippen LogP contribution is 2.39. The molecule has 0 heterocycles. The number of anilines is 3. The van der Waals surface area contributed by atoms with Gasteiger partial charge in [-0.1, -0.05) is 36.4 Å². The third kappa shape index (κ3) is 15.7. The quantitative estimate of drug-likeness (QED) is 0.0363. The maximum Gasteiger partial charge on any atom is 0.348 e. The number of esters is 3. The predicted octanol–water partition coefficient (Wildman–Crippen LogP) is 10.2. The SMILES string of the molecule is CCOC(=O)/C(C#N)=C/c1ccc(N(CC)CCC2CC(CCN(CC)c3ccc(/C=C(\C#N)C(=O)OCC)cc3)CC(CCN(CC)c3ccc(/C=C(\C#N)C(=O)OCC)cc3)C2)cc1. The first-order valence-electron chi connectivity index (χ1n) is 23.4. The van der Waals surface area contributed by atoms with Gasteiger partial charge >= 0.3 is 17.9 Å². The van der Waals surface area contributed by atoms with Crippen molar-refractivity contribution in [2.75, 3.05) is 73.8 Å². The fourth-order valence-electron chi connectivity index (χ4n) is 8.72. The molecule has 1 saturated carbocycles. The zero-order valence-corrected chi connectivity index (χ0v) is 39.6. The largest absolute Gasteiger partial charge is 0.462 e. The monoisotopic (exact) mass is 895 g/mol. The van der Waals surface area contributed by atoms with E-state index in [-0.39, 0.29) is 36.5 Å². The predicted molar refractivity (Wildman–Crippen MR) is 262 cm³/mol. The van der Waals surface area contributed by atoms with Crippen LogP contribution in [0.4, 0.5) is 17.1 Å². The van der Waals surface area contributed by atoms with Gasteiger partial charge < -0.3 is 28.9 Å². The van der Waals surface area contributed by atoms with Crippen LogP contribution in [-0.2, 0) is 28.6 Å². The van der Waals surface area contributed by atoms with Crippen molar-refractivity contribution in [2.24, 2.45) is 17.8 Å². The normalized spacial score (nSPS) is 16.2. The molecular weight excluding hydrogens is 829 g/mol. The van der Waals surface area contributed by atoms with Crippen LogP contribution in [0.2, 0.25) is 0 Å². The van der Waals surface area contributed by atoms with Gasteiger partial charge in [0.15, 0.2) is 0 Å². The molecule has 1 fully saturated rings. The summed E-state index contributed by atoms with van der Waals surface area (Å²) in [5.41, 5.74) is 5.53. The first kappa shape index (κ1) is 51.8. The van der Waals surface area contributed by atoms with Gasteiger partial charge in [-0.3, -0.25) is 0 Å². The zero-order chi connectivity index (χ0) is 47.8. The summed E-state index contributed by atoms with van der Waals surface area (Å²) in [4.78, 5) is 43.8. The third-order valence-electron chi connectivity index (χ3n) is 12.1. The number of ether oxygens (including phenoxy) is 3. The highest BCUT2D eigenvalue weighted by Gasteiger charge is 2.30. The van der Waals surface area contributed by atoms with Gasteiger partial charge in [0.1, 0.15) is 34.9 Å². The van der Waals surface area contributed by atoms with Gasteiger partial charge in [0.2, 0.25) is 0 Å². The Labute approximate surface area is 392 Å². The van der Waals surface area contributed by atoms with E-state index in [4.69, 9.17) is 14.2 Å². The van der Waals surface area contributed by atoms with Crippen molar-refractivity contribution in [3.63, 3.8) is 0 Å². The molecule has 0 aliphatic heterocycles. The van der Waals surface area contributed by atoms with Crippen LogP contribution in [0.25, 0.3) is 18.2 Å². The lowest BCUT2D eigenvalue weighted by molar-refractivity contribution is -0.138. The van der Waals surface area contributed by atoms with Crippen LogP contribution in [-0.4, -0.2) is 77.0 Å². The molecule has 0 bridgehead atoms. The molecule has 4 rings (SSSR count). The first-order chi connectivity index (χ1) is 32.0. The van der Waals surface area contributed by atoms with Gasteiger partial charge in [0.25, 0.3) is 0 Å². The number of hydrogen-bond acceptors (Lipinski definition) is 12. The second kappa shape index (κ2) is 27.5. The molecular formula is C54H66N6O6. The van der Waals surface area contributed by atoms with E-state index < -0.39 is 17.9 Å². The average Bonchev–Trinajstić information content (AvgIpc) is 3.33. The standard InChI is InChI=1S/C54H66N6O6/c1-7-58(49-19-13-40(14-20-49)34-46(37-55)52(61)64-10-4)28-25-43-31-44(26-29-59(8-2)50-21-15-41(16-22-50)35-47(38-56)53(62)65-11-5)33-45(32-43)27-30-60(9-3)51-23-17-42(18-24-51)36-48(39-57)54(63)66-12-6/h13-24,34-36,43-45H,7-12,25-33H2,1-6H3/b46-34+,47-35+,48-36+. The van der Waals surface area contributed by atoms with E-state index in [9.17, 15) is 30.2 Å². The van der Waals surface area contributed by atoms with Crippen LogP contribution < -0.4 is 14.7 Å². The Morgan fingerprint density at radius 3 is 0.909 bits per heavy atom. The number of nitrogens with zero attached hydrogens (tertiary/aromatic N) is 6. The van der Waals surface area contributed by atoms with Crippen LogP contribution in [0.1, 0.15) is 96.8 Å². The summed E-state index contributed by atoms with van der Waals surface area (Å²) in [5.74, 6) is -0.197. The summed E-state index contributed by atoms with van der Waals surface area (Å²) >= 11 is 0. The van der Waals surface area contributed by atoms with Crippen molar-refractivity contribution >= 4 is 53.2 Å². The Balaban J connectivity index is 1.49. The number of hydrogen-bond donors (Lipinski definition) is 0. The van der Waals surface area contributed by atoms with Gasteiger partial charge in [0, 0.05) is 56.3 Å². The minimum atomic E-state index is -0.619. The Morgan fingerprint density at radius 1 is 0.470 bits per heavy atom. The van der Waals surface area contributed by atoms with Gasteiger partial charge in [-0.2, -0.15) is 15.8 Å². The number of rotatable bonds is 24.